The molecule has 0 aliphatic rings. The van der Waals surface area contributed by atoms with Gasteiger partial charge in [-0.15, -0.1) is 0 Å². The highest BCUT2D eigenvalue weighted by Gasteiger charge is 2.30. The zero-order valence-corrected chi connectivity index (χ0v) is 12.4. The van der Waals surface area contributed by atoms with Crippen LogP contribution in [0, 0.1) is 0 Å². The van der Waals surface area contributed by atoms with Gasteiger partial charge in [-0.1, -0.05) is 0 Å². The Bertz CT molecular complexity index is 920. The van der Waals surface area contributed by atoms with E-state index in [1.165, 1.54) is 18.5 Å². The highest BCUT2D eigenvalue weighted by Crippen LogP contribution is 2.30. The molecule has 0 atom stereocenters. The minimum absolute atomic E-state index is 0.118. The fourth-order valence-electron chi connectivity index (χ4n) is 2.15. The Morgan fingerprint density at radius 2 is 1.88 bits per heavy atom. The van der Waals surface area contributed by atoms with Gasteiger partial charge >= 0.3 is 12.2 Å². The summed E-state index contributed by atoms with van der Waals surface area (Å²) >= 11 is 0. The molecule has 0 aliphatic heterocycles. The first kappa shape index (κ1) is 16.5. The number of carbonyl (C=O) groups is 2. The Morgan fingerprint density at radius 1 is 1.16 bits per heavy atom. The van der Waals surface area contributed by atoms with Gasteiger partial charge in [-0.2, -0.15) is 13.2 Å². The number of halogens is 3. The number of imide groups is 1. The van der Waals surface area contributed by atoms with Crippen LogP contribution in [0.25, 0.3) is 11.1 Å². The van der Waals surface area contributed by atoms with Crippen LogP contribution in [0.4, 0.5) is 29.3 Å². The summed E-state index contributed by atoms with van der Waals surface area (Å²) in [6, 6.07) is 7.55. The molecule has 128 valence electrons. The summed E-state index contributed by atoms with van der Waals surface area (Å²) in [5.74, 6) is 0. The summed E-state index contributed by atoms with van der Waals surface area (Å²) in [5, 5.41) is 2.36. The van der Waals surface area contributed by atoms with Crippen LogP contribution in [0.5, 0.6) is 0 Å². The van der Waals surface area contributed by atoms with Crippen molar-refractivity contribution in [3.8, 4) is 0 Å². The quantitative estimate of drug-likeness (QED) is 0.724. The minimum Gasteiger partial charge on any atom is -0.443 e. The van der Waals surface area contributed by atoms with E-state index in [1.54, 1.807) is 6.07 Å². The third kappa shape index (κ3) is 3.44. The molecule has 0 saturated heterocycles. The van der Waals surface area contributed by atoms with Crippen molar-refractivity contribution in [1.29, 1.82) is 0 Å². The molecule has 3 amide bonds. The lowest BCUT2D eigenvalue weighted by Crippen LogP contribution is -2.33. The second kappa shape index (κ2) is 6.27. The monoisotopic (exact) mass is 349 g/mol. The van der Waals surface area contributed by atoms with Crippen molar-refractivity contribution in [3.05, 3.63) is 54.4 Å². The van der Waals surface area contributed by atoms with Gasteiger partial charge < -0.3 is 9.73 Å². The van der Waals surface area contributed by atoms with E-state index in [-0.39, 0.29) is 11.4 Å². The van der Waals surface area contributed by atoms with E-state index in [2.05, 4.69) is 10.3 Å². The number of urea groups is 1. The van der Waals surface area contributed by atoms with Crippen LogP contribution in [0.3, 0.4) is 0 Å². The molecule has 25 heavy (non-hydrogen) atoms. The summed E-state index contributed by atoms with van der Waals surface area (Å²) in [7, 11) is 0. The minimum atomic E-state index is -4.47. The number of anilines is 2. The average molecular weight is 349 g/mol. The molecular formula is C16H10F3N3O3. The summed E-state index contributed by atoms with van der Waals surface area (Å²) < 4.78 is 42.7. The molecule has 1 N–H and O–H groups in total. The number of carbonyl (C=O) groups excluding carboxylic acids is 2. The second-order valence-corrected chi connectivity index (χ2v) is 4.99. The lowest BCUT2D eigenvalue weighted by Gasteiger charge is -2.16. The van der Waals surface area contributed by atoms with Crippen molar-refractivity contribution >= 4 is 34.9 Å². The van der Waals surface area contributed by atoms with Gasteiger partial charge in [0, 0.05) is 5.69 Å². The largest absolute Gasteiger partial charge is 0.443 e. The number of nitrogens with zero attached hydrogens (tertiary/aromatic N) is 2. The van der Waals surface area contributed by atoms with Crippen molar-refractivity contribution in [1.82, 2.24) is 4.98 Å². The molecule has 3 aromatic rings. The van der Waals surface area contributed by atoms with Crippen LogP contribution in [-0.2, 0) is 11.0 Å². The molecule has 3 rings (SSSR count). The fourth-order valence-corrected chi connectivity index (χ4v) is 2.15. The van der Waals surface area contributed by atoms with E-state index >= 15 is 0 Å². The first-order valence-electron chi connectivity index (χ1n) is 6.94. The zero-order chi connectivity index (χ0) is 18.0. The van der Waals surface area contributed by atoms with Crippen molar-refractivity contribution in [2.45, 2.75) is 6.18 Å². The van der Waals surface area contributed by atoms with Gasteiger partial charge in [0.15, 0.2) is 12.0 Å². The van der Waals surface area contributed by atoms with Gasteiger partial charge in [-0.25, -0.2) is 14.7 Å². The molecule has 1 heterocycles. The van der Waals surface area contributed by atoms with Gasteiger partial charge in [0.1, 0.15) is 5.52 Å². The average Bonchev–Trinajstić information content (AvgIpc) is 3.03. The maximum absolute atomic E-state index is 12.5. The molecule has 0 aliphatic carbocycles. The molecule has 0 fully saturated rings. The fraction of sp³-hybridized carbons (Fsp3) is 0.0625. The maximum atomic E-state index is 12.5. The molecule has 0 bridgehead atoms. The SMILES string of the molecule is O=CN(C(=O)Nc1ccc(C(F)(F)F)cc1)c1ccc2ocnc2c1. The lowest BCUT2D eigenvalue weighted by molar-refractivity contribution is -0.137. The number of hydrogen-bond acceptors (Lipinski definition) is 4. The number of nitrogens with one attached hydrogen (secondary N) is 1. The number of amides is 3. The third-order valence-corrected chi connectivity index (χ3v) is 3.38. The lowest BCUT2D eigenvalue weighted by atomic mass is 10.2. The van der Waals surface area contributed by atoms with Gasteiger partial charge in [0.05, 0.1) is 11.3 Å². The summed E-state index contributed by atoms with van der Waals surface area (Å²) in [6.45, 7) is 0. The highest BCUT2D eigenvalue weighted by molar-refractivity contribution is 6.12. The van der Waals surface area contributed by atoms with Crippen molar-refractivity contribution in [3.63, 3.8) is 0 Å². The van der Waals surface area contributed by atoms with E-state index in [0.717, 1.165) is 29.2 Å². The normalized spacial score (nSPS) is 11.3. The molecule has 0 spiro atoms. The predicted octanol–water partition coefficient (Wildman–Crippen LogP) is 4.04. The Balaban J connectivity index is 1.79. The predicted molar refractivity (Wildman–Crippen MR) is 83.0 cm³/mol. The van der Waals surface area contributed by atoms with Gasteiger partial charge in [-0.3, -0.25) is 4.79 Å². The van der Waals surface area contributed by atoms with E-state index in [4.69, 9.17) is 4.42 Å². The van der Waals surface area contributed by atoms with Crippen LogP contribution < -0.4 is 10.2 Å². The highest BCUT2D eigenvalue weighted by atomic mass is 19.4. The smallest absolute Gasteiger partial charge is 0.416 e. The summed E-state index contributed by atoms with van der Waals surface area (Å²) in [6.07, 6.45) is -2.95. The Morgan fingerprint density at radius 3 is 2.52 bits per heavy atom. The number of oxazole rings is 1. The Kier molecular flexibility index (Phi) is 4.14. The first-order valence-corrected chi connectivity index (χ1v) is 6.94. The number of hydrogen-bond donors (Lipinski definition) is 1. The topological polar surface area (TPSA) is 75.4 Å². The van der Waals surface area contributed by atoms with Crippen LogP contribution >= 0.6 is 0 Å². The molecule has 9 heteroatoms. The first-order chi connectivity index (χ1) is 11.9. The summed E-state index contributed by atoms with van der Waals surface area (Å²) in [5.41, 5.74) is 0.451. The van der Waals surface area contributed by atoms with E-state index in [0.29, 0.717) is 17.5 Å². The molecular weight excluding hydrogens is 339 g/mol. The van der Waals surface area contributed by atoms with Gasteiger partial charge in [-0.05, 0) is 42.5 Å². The van der Waals surface area contributed by atoms with Gasteiger partial charge in [0.2, 0.25) is 6.41 Å². The molecule has 0 unspecified atom stereocenters. The Hall–Kier alpha value is -3.36. The van der Waals surface area contributed by atoms with Crippen molar-refractivity contribution < 1.29 is 27.2 Å². The van der Waals surface area contributed by atoms with Gasteiger partial charge in [0.25, 0.3) is 0 Å². The number of alkyl halides is 3. The Labute approximate surface area is 138 Å². The van der Waals surface area contributed by atoms with Crippen LogP contribution in [0.2, 0.25) is 0 Å². The van der Waals surface area contributed by atoms with Crippen LogP contribution in [0.1, 0.15) is 5.56 Å². The van der Waals surface area contributed by atoms with Crippen LogP contribution in [-0.4, -0.2) is 17.4 Å². The number of benzene rings is 2. The van der Waals surface area contributed by atoms with E-state index < -0.39 is 17.8 Å². The van der Waals surface area contributed by atoms with Crippen molar-refractivity contribution in [2.24, 2.45) is 0 Å². The molecule has 0 radical (unpaired) electrons. The van der Waals surface area contributed by atoms with E-state index in [9.17, 15) is 22.8 Å². The van der Waals surface area contributed by atoms with Crippen LogP contribution in [0.15, 0.2) is 53.3 Å². The number of fused-ring (bicyclic) bond motifs is 1. The maximum Gasteiger partial charge on any atom is 0.416 e. The zero-order valence-electron chi connectivity index (χ0n) is 12.4. The summed E-state index contributed by atoms with van der Waals surface area (Å²) in [4.78, 5) is 28.2. The molecule has 2 aromatic carbocycles. The number of aromatic nitrogens is 1. The molecule has 6 nitrogen and oxygen atoms in total. The standard InChI is InChI=1S/C16H10F3N3O3/c17-16(18,19)10-1-3-11(4-2-10)21-15(24)22(9-23)12-5-6-14-13(7-12)20-8-25-14/h1-9H,(H,21,24). The van der Waals surface area contributed by atoms with Crippen molar-refractivity contribution in [2.75, 3.05) is 10.2 Å². The molecule has 1 aromatic heterocycles. The second-order valence-electron chi connectivity index (χ2n) is 4.99. The number of rotatable bonds is 3. The van der Waals surface area contributed by atoms with E-state index in [1.807, 2.05) is 0 Å². The third-order valence-electron chi connectivity index (χ3n) is 3.38. The molecule has 0 saturated carbocycles.